The quantitative estimate of drug-likeness (QED) is 0.388. The van der Waals surface area contributed by atoms with E-state index >= 15 is 0 Å². The fraction of sp³-hybridized carbons (Fsp3) is 0.200. The highest BCUT2D eigenvalue weighted by atomic mass is 16.4. The third-order valence-corrected chi connectivity index (χ3v) is 4.97. The van der Waals surface area contributed by atoms with E-state index in [1.165, 1.54) is 0 Å². The van der Waals surface area contributed by atoms with Crippen LogP contribution in [0, 0.1) is 0 Å². The number of anilines is 1. The molecule has 0 atom stereocenters. The van der Waals surface area contributed by atoms with Crippen molar-refractivity contribution in [2.24, 2.45) is 0 Å². The van der Waals surface area contributed by atoms with Gasteiger partial charge < -0.3 is 15.1 Å². The van der Waals surface area contributed by atoms with Crippen LogP contribution in [-0.2, 0) is 29.1 Å². The van der Waals surface area contributed by atoms with Crippen molar-refractivity contribution in [3.05, 3.63) is 90.7 Å². The van der Waals surface area contributed by atoms with Crippen LogP contribution in [0.25, 0.3) is 11.3 Å². The molecule has 168 valence electrons. The number of nitrogens with one attached hydrogen (secondary N) is 2. The molecular formula is C25H25N5O3. The Hall–Kier alpha value is -4.20. The minimum atomic E-state index is -0.165. The molecular weight excluding hydrogens is 418 g/mol. The van der Waals surface area contributed by atoms with Crippen LogP contribution in [0.3, 0.4) is 0 Å². The Labute approximate surface area is 191 Å². The number of aromatic nitrogens is 3. The molecule has 2 amide bonds. The zero-order valence-electron chi connectivity index (χ0n) is 18.1. The third-order valence-electron chi connectivity index (χ3n) is 4.97. The van der Waals surface area contributed by atoms with Crippen molar-refractivity contribution in [3.8, 4) is 11.3 Å². The van der Waals surface area contributed by atoms with Crippen molar-refractivity contribution in [1.82, 2.24) is 20.1 Å². The van der Waals surface area contributed by atoms with E-state index < -0.39 is 0 Å². The summed E-state index contributed by atoms with van der Waals surface area (Å²) in [6, 6.07) is 19.0. The average molecular weight is 444 g/mol. The molecule has 0 aliphatic carbocycles. The summed E-state index contributed by atoms with van der Waals surface area (Å²) in [5, 5.41) is 9.78. The molecule has 8 heteroatoms. The average Bonchev–Trinajstić information content (AvgIpc) is 3.51. The van der Waals surface area contributed by atoms with Crippen molar-refractivity contribution in [1.29, 1.82) is 0 Å². The molecule has 0 bridgehead atoms. The Balaban J connectivity index is 1.19. The summed E-state index contributed by atoms with van der Waals surface area (Å²) >= 11 is 0. The lowest BCUT2D eigenvalue weighted by Gasteiger charge is -2.09. The van der Waals surface area contributed by atoms with E-state index in [2.05, 4.69) is 20.7 Å². The Morgan fingerprint density at radius 1 is 1.00 bits per heavy atom. The number of carbonyl (C=O) groups is 2. The molecule has 2 N–H and O–H groups in total. The number of aryl methyl sites for hydroxylation is 1. The maximum Gasteiger partial charge on any atom is 0.246 e. The van der Waals surface area contributed by atoms with Crippen molar-refractivity contribution in [2.45, 2.75) is 32.4 Å². The van der Waals surface area contributed by atoms with Crippen LogP contribution in [0.5, 0.6) is 0 Å². The number of nitrogens with zero attached hydrogens (tertiary/aromatic N) is 3. The molecule has 2 heterocycles. The Kier molecular flexibility index (Phi) is 7.27. The number of oxazole rings is 1. The lowest BCUT2D eigenvalue weighted by atomic mass is 10.2. The van der Waals surface area contributed by atoms with Crippen LogP contribution in [0.15, 0.2) is 83.7 Å². The maximum atomic E-state index is 12.2. The molecule has 0 unspecified atom stereocenters. The van der Waals surface area contributed by atoms with E-state index in [1.54, 1.807) is 29.3 Å². The second kappa shape index (κ2) is 10.9. The molecule has 2 aromatic heterocycles. The van der Waals surface area contributed by atoms with Crippen LogP contribution >= 0.6 is 0 Å². The normalized spacial score (nSPS) is 10.7. The van der Waals surface area contributed by atoms with Crippen LogP contribution < -0.4 is 10.6 Å². The Bertz CT molecular complexity index is 1190. The van der Waals surface area contributed by atoms with Gasteiger partial charge in [0.15, 0.2) is 11.7 Å². The SMILES string of the molecule is O=C(CCCc1ncc(-c2ccccc2)o1)NCc1cccc(NC(=O)Cn2cccn2)c1. The first-order valence-electron chi connectivity index (χ1n) is 10.8. The van der Waals surface area contributed by atoms with E-state index in [-0.39, 0.29) is 18.4 Å². The topological polar surface area (TPSA) is 102 Å². The minimum absolute atomic E-state index is 0.0436. The lowest BCUT2D eigenvalue weighted by Crippen LogP contribution is -2.23. The van der Waals surface area contributed by atoms with E-state index in [9.17, 15) is 9.59 Å². The van der Waals surface area contributed by atoms with Gasteiger partial charge in [-0.05, 0) is 30.2 Å². The van der Waals surface area contributed by atoms with E-state index in [0.717, 1.165) is 16.9 Å². The monoisotopic (exact) mass is 443 g/mol. The first kappa shape index (κ1) is 22.0. The highest BCUT2D eigenvalue weighted by Gasteiger charge is 2.08. The second-order valence-corrected chi connectivity index (χ2v) is 7.57. The summed E-state index contributed by atoms with van der Waals surface area (Å²) in [5.41, 5.74) is 2.56. The number of hydrogen-bond donors (Lipinski definition) is 2. The smallest absolute Gasteiger partial charge is 0.246 e. The molecule has 0 aliphatic heterocycles. The molecule has 0 radical (unpaired) electrons. The van der Waals surface area contributed by atoms with Crippen LogP contribution in [0.2, 0.25) is 0 Å². The predicted octanol–water partition coefficient (Wildman–Crippen LogP) is 3.82. The summed E-state index contributed by atoms with van der Waals surface area (Å²) in [4.78, 5) is 28.7. The minimum Gasteiger partial charge on any atom is -0.441 e. The summed E-state index contributed by atoms with van der Waals surface area (Å²) in [7, 11) is 0. The van der Waals surface area contributed by atoms with Gasteiger partial charge in [0.1, 0.15) is 6.54 Å². The summed E-state index contributed by atoms with van der Waals surface area (Å²) in [6.07, 6.45) is 6.69. The van der Waals surface area contributed by atoms with Crippen molar-refractivity contribution >= 4 is 17.5 Å². The van der Waals surface area contributed by atoms with Gasteiger partial charge in [-0.15, -0.1) is 0 Å². The number of amides is 2. The van der Waals surface area contributed by atoms with Gasteiger partial charge in [-0.1, -0.05) is 42.5 Å². The lowest BCUT2D eigenvalue weighted by molar-refractivity contribution is -0.121. The molecule has 0 saturated carbocycles. The highest BCUT2D eigenvalue weighted by Crippen LogP contribution is 2.20. The number of benzene rings is 2. The van der Waals surface area contributed by atoms with Crippen molar-refractivity contribution < 1.29 is 14.0 Å². The first-order valence-corrected chi connectivity index (χ1v) is 10.8. The van der Waals surface area contributed by atoms with E-state index in [0.29, 0.717) is 37.4 Å². The van der Waals surface area contributed by atoms with Gasteiger partial charge in [0, 0.05) is 43.0 Å². The second-order valence-electron chi connectivity index (χ2n) is 7.57. The van der Waals surface area contributed by atoms with Gasteiger partial charge >= 0.3 is 0 Å². The van der Waals surface area contributed by atoms with Gasteiger partial charge in [0.25, 0.3) is 0 Å². The summed E-state index contributed by atoms with van der Waals surface area (Å²) in [5.74, 6) is 1.15. The summed E-state index contributed by atoms with van der Waals surface area (Å²) in [6.45, 7) is 0.532. The molecule has 8 nitrogen and oxygen atoms in total. The van der Waals surface area contributed by atoms with Crippen LogP contribution in [0.1, 0.15) is 24.3 Å². The largest absolute Gasteiger partial charge is 0.441 e. The standard InChI is InChI=1S/C25H25N5O3/c31-23(11-5-12-25-27-17-22(33-25)20-8-2-1-3-9-20)26-16-19-7-4-10-21(15-19)29-24(32)18-30-14-6-13-28-30/h1-4,6-10,13-15,17H,5,11-12,16,18H2,(H,26,31)(H,29,32). The van der Waals surface area contributed by atoms with Gasteiger partial charge in [-0.3, -0.25) is 14.3 Å². The number of rotatable bonds is 10. The molecule has 4 aromatic rings. The fourth-order valence-electron chi connectivity index (χ4n) is 3.35. The molecule has 0 spiro atoms. The number of carbonyl (C=O) groups excluding carboxylic acids is 2. The zero-order chi connectivity index (χ0) is 22.9. The van der Waals surface area contributed by atoms with Crippen LogP contribution in [-0.4, -0.2) is 26.6 Å². The molecule has 2 aromatic carbocycles. The molecule has 33 heavy (non-hydrogen) atoms. The molecule has 0 aliphatic rings. The van der Waals surface area contributed by atoms with Gasteiger partial charge in [0.05, 0.1) is 6.20 Å². The third kappa shape index (κ3) is 6.64. The van der Waals surface area contributed by atoms with E-state index in [4.69, 9.17) is 4.42 Å². The molecule has 0 saturated heterocycles. The number of hydrogen-bond acceptors (Lipinski definition) is 5. The van der Waals surface area contributed by atoms with Gasteiger partial charge in [-0.2, -0.15) is 5.10 Å². The van der Waals surface area contributed by atoms with E-state index in [1.807, 2.05) is 54.6 Å². The van der Waals surface area contributed by atoms with Crippen molar-refractivity contribution in [3.63, 3.8) is 0 Å². The Morgan fingerprint density at radius 2 is 1.88 bits per heavy atom. The van der Waals surface area contributed by atoms with Crippen LogP contribution in [0.4, 0.5) is 5.69 Å². The zero-order valence-corrected chi connectivity index (χ0v) is 18.1. The molecule has 0 fully saturated rings. The van der Waals surface area contributed by atoms with Gasteiger partial charge in [0.2, 0.25) is 11.8 Å². The summed E-state index contributed by atoms with van der Waals surface area (Å²) < 4.78 is 7.33. The first-order chi connectivity index (χ1) is 16.2. The fourth-order valence-corrected chi connectivity index (χ4v) is 3.35. The molecule has 4 rings (SSSR count). The maximum absolute atomic E-state index is 12.2. The highest BCUT2D eigenvalue weighted by molar-refractivity contribution is 5.90. The van der Waals surface area contributed by atoms with Crippen molar-refractivity contribution in [2.75, 3.05) is 5.32 Å². The predicted molar refractivity (Wildman–Crippen MR) is 124 cm³/mol. The Morgan fingerprint density at radius 3 is 2.70 bits per heavy atom. The van der Waals surface area contributed by atoms with Gasteiger partial charge in [-0.25, -0.2) is 4.98 Å².